The number of nitrogens with zero attached hydrogens (tertiary/aromatic N) is 4. The lowest BCUT2D eigenvalue weighted by Gasteiger charge is -2.01. The number of alkyl halides is 2. The first-order chi connectivity index (χ1) is 7.61. The fourth-order valence-electron chi connectivity index (χ4n) is 1.55. The van der Waals surface area contributed by atoms with Crippen LogP contribution in [0.5, 0.6) is 0 Å². The predicted octanol–water partition coefficient (Wildman–Crippen LogP) is 1.96. The summed E-state index contributed by atoms with van der Waals surface area (Å²) in [7, 11) is 0. The van der Waals surface area contributed by atoms with Crippen molar-refractivity contribution in [3.05, 3.63) is 17.6 Å². The maximum atomic E-state index is 12.3. The van der Waals surface area contributed by atoms with Crippen LogP contribution >= 0.6 is 0 Å². The van der Waals surface area contributed by atoms with Gasteiger partial charge in [-0.25, -0.2) is 23.4 Å². The molecule has 86 valence electrons. The molecule has 0 radical (unpaired) electrons. The highest BCUT2D eigenvalue weighted by atomic mass is 19.3. The highest BCUT2D eigenvalue weighted by molar-refractivity contribution is 5.73. The van der Waals surface area contributed by atoms with Crippen LogP contribution in [0.25, 0.3) is 11.2 Å². The second-order valence-electron chi connectivity index (χ2n) is 3.55. The molecule has 6 heteroatoms. The SMILES string of the molecule is CCc1cnc2c(C)nn(CC(F)F)c2n1. The Bertz CT molecular complexity index is 507. The Morgan fingerprint density at radius 3 is 2.81 bits per heavy atom. The summed E-state index contributed by atoms with van der Waals surface area (Å²) in [5.74, 6) is 0. The van der Waals surface area contributed by atoms with Crippen LogP contribution in [0.15, 0.2) is 6.20 Å². The quantitative estimate of drug-likeness (QED) is 0.803. The summed E-state index contributed by atoms with van der Waals surface area (Å²) in [6.07, 6.45) is -0.0550. The zero-order valence-electron chi connectivity index (χ0n) is 9.11. The standard InChI is InChI=1S/C10H12F2N4/c1-3-7-4-13-9-6(2)15-16(5-8(11)12)10(9)14-7/h4,8H,3,5H2,1-2H3. The molecule has 0 unspecified atom stereocenters. The van der Waals surface area contributed by atoms with Crippen LogP contribution in [0.4, 0.5) is 8.78 Å². The van der Waals surface area contributed by atoms with Gasteiger partial charge in [-0.15, -0.1) is 0 Å². The smallest absolute Gasteiger partial charge is 0.249 e. The highest BCUT2D eigenvalue weighted by Crippen LogP contribution is 2.15. The predicted molar refractivity (Wildman–Crippen MR) is 55.4 cm³/mol. The molecule has 0 aliphatic heterocycles. The molecule has 0 aliphatic carbocycles. The molecule has 2 aromatic heterocycles. The normalized spacial score (nSPS) is 11.6. The zero-order valence-corrected chi connectivity index (χ0v) is 9.11. The Labute approximate surface area is 91.3 Å². The van der Waals surface area contributed by atoms with Gasteiger partial charge in [0.1, 0.15) is 12.1 Å². The van der Waals surface area contributed by atoms with Gasteiger partial charge in [-0.2, -0.15) is 5.10 Å². The number of fused-ring (bicyclic) bond motifs is 1. The summed E-state index contributed by atoms with van der Waals surface area (Å²) >= 11 is 0. The van der Waals surface area contributed by atoms with Crippen LogP contribution in [-0.4, -0.2) is 26.2 Å². The summed E-state index contributed by atoms with van der Waals surface area (Å²) in [5, 5.41) is 4.02. The number of rotatable bonds is 3. The van der Waals surface area contributed by atoms with Gasteiger partial charge in [0, 0.05) is 6.20 Å². The van der Waals surface area contributed by atoms with Crippen molar-refractivity contribution in [2.24, 2.45) is 0 Å². The summed E-state index contributed by atoms with van der Waals surface area (Å²) in [5.41, 5.74) is 2.45. The lowest BCUT2D eigenvalue weighted by atomic mass is 10.3. The van der Waals surface area contributed by atoms with Crippen molar-refractivity contribution in [3.63, 3.8) is 0 Å². The molecule has 0 aromatic carbocycles. The molecule has 2 rings (SSSR count). The van der Waals surface area contributed by atoms with E-state index >= 15 is 0 Å². The van der Waals surface area contributed by atoms with Gasteiger partial charge in [0.15, 0.2) is 5.65 Å². The van der Waals surface area contributed by atoms with Crippen molar-refractivity contribution >= 4 is 11.2 Å². The van der Waals surface area contributed by atoms with E-state index in [-0.39, 0.29) is 0 Å². The summed E-state index contributed by atoms with van der Waals surface area (Å²) in [6.45, 7) is 3.24. The first-order valence-corrected chi connectivity index (χ1v) is 5.09. The van der Waals surface area contributed by atoms with Gasteiger partial charge >= 0.3 is 0 Å². The Morgan fingerprint density at radius 1 is 1.44 bits per heavy atom. The molecule has 16 heavy (non-hydrogen) atoms. The van der Waals surface area contributed by atoms with E-state index in [9.17, 15) is 8.78 Å². The van der Waals surface area contributed by atoms with E-state index in [2.05, 4.69) is 15.1 Å². The number of aryl methyl sites for hydroxylation is 2. The van der Waals surface area contributed by atoms with E-state index in [0.717, 1.165) is 12.1 Å². The van der Waals surface area contributed by atoms with Crippen molar-refractivity contribution in [2.45, 2.75) is 33.2 Å². The van der Waals surface area contributed by atoms with E-state index in [1.807, 2.05) is 6.92 Å². The molecule has 0 atom stereocenters. The van der Waals surface area contributed by atoms with Gasteiger partial charge in [-0.05, 0) is 13.3 Å². The maximum absolute atomic E-state index is 12.3. The molecule has 0 saturated carbocycles. The van der Waals surface area contributed by atoms with Crippen LogP contribution in [0, 0.1) is 6.92 Å². The van der Waals surface area contributed by atoms with Crippen LogP contribution in [-0.2, 0) is 13.0 Å². The molecule has 0 saturated heterocycles. The van der Waals surface area contributed by atoms with E-state index in [4.69, 9.17) is 0 Å². The molecule has 0 aliphatic rings. The molecule has 0 fully saturated rings. The van der Waals surface area contributed by atoms with Gasteiger partial charge < -0.3 is 0 Å². The van der Waals surface area contributed by atoms with E-state index in [1.54, 1.807) is 13.1 Å². The van der Waals surface area contributed by atoms with Gasteiger partial charge in [-0.1, -0.05) is 6.92 Å². The fourth-order valence-corrected chi connectivity index (χ4v) is 1.55. The third-order valence-electron chi connectivity index (χ3n) is 2.34. The summed E-state index contributed by atoms with van der Waals surface area (Å²) in [6, 6.07) is 0. The first-order valence-electron chi connectivity index (χ1n) is 5.09. The second kappa shape index (κ2) is 4.11. The Balaban J connectivity index is 2.56. The third kappa shape index (κ3) is 1.87. The van der Waals surface area contributed by atoms with Crippen molar-refractivity contribution in [2.75, 3.05) is 0 Å². The minimum Gasteiger partial charge on any atom is -0.249 e. The van der Waals surface area contributed by atoms with Crippen LogP contribution < -0.4 is 0 Å². The van der Waals surface area contributed by atoms with Gasteiger partial charge in [0.25, 0.3) is 6.43 Å². The van der Waals surface area contributed by atoms with Crippen molar-refractivity contribution in [1.82, 2.24) is 19.7 Å². The number of halogens is 2. The summed E-state index contributed by atoms with van der Waals surface area (Å²) in [4.78, 5) is 8.46. The fraction of sp³-hybridized carbons (Fsp3) is 0.500. The zero-order chi connectivity index (χ0) is 11.7. The molecular formula is C10H12F2N4. The Kier molecular flexibility index (Phi) is 2.80. The molecule has 0 N–H and O–H groups in total. The van der Waals surface area contributed by atoms with Crippen LogP contribution in [0.3, 0.4) is 0 Å². The summed E-state index contributed by atoms with van der Waals surface area (Å²) < 4.78 is 25.9. The average molecular weight is 226 g/mol. The molecule has 0 spiro atoms. The molecule has 0 bridgehead atoms. The van der Waals surface area contributed by atoms with Crippen LogP contribution in [0.1, 0.15) is 18.3 Å². The van der Waals surface area contributed by atoms with Crippen LogP contribution in [0.2, 0.25) is 0 Å². The highest BCUT2D eigenvalue weighted by Gasteiger charge is 2.13. The number of hydrogen-bond acceptors (Lipinski definition) is 3. The van der Waals surface area contributed by atoms with Crippen molar-refractivity contribution in [1.29, 1.82) is 0 Å². The number of hydrogen-bond donors (Lipinski definition) is 0. The monoisotopic (exact) mass is 226 g/mol. The molecule has 4 nitrogen and oxygen atoms in total. The molecule has 0 amide bonds. The Morgan fingerprint density at radius 2 is 2.19 bits per heavy atom. The average Bonchev–Trinajstić information content (AvgIpc) is 2.54. The van der Waals surface area contributed by atoms with E-state index in [1.165, 1.54) is 4.68 Å². The van der Waals surface area contributed by atoms with Gasteiger partial charge in [0.05, 0.1) is 11.4 Å². The first kappa shape index (κ1) is 10.9. The largest absolute Gasteiger partial charge is 0.258 e. The van der Waals surface area contributed by atoms with Gasteiger partial charge in [0.2, 0.25) is 0 Å². The molecule has 2 heterocycles. The van der Waals surface area contributed by atoms with E-state index in [0.29, 0.717) is 16.9 Å². The van der Waals surface area contributed by atoms with Crippen molar-refractivity contribution < 1.29 is 8.78 Å². The maximum Gasteiger partial charge on any atom is 0.258 e. The third-order valence-corrected chi connectivity index (χ3v) is 2.34. The topological polar surface area (TPSA) is 43.6 Å². The lowest BCUT2D eigenvalue weighted by Crippen LogP contribution is -2.09. The van der Waals surface area contributed by atoms with Gasteiger partial charge in [-0.3, -0.25) is 0 Å². The minimum atomic E-state index is -2.44. The van der Waals surface area contributed by atoms with E-state index < -0.39 is 13.0 Å². The molecule has 2 aromatic rings. The second-order valence-corrected chi connectivity index (χ2v) is 3.55. The molecular weight excluding hydrogens is 214 g/mol. The lowest BCUT2D eigenvalue weighted by molar-refractivity contribution is 0.123. The Hall–Kier alpha value is -1.59. The van der Waals surface area contributed by atoms with Crippen molar-refractivity contribution in [3.8, 4) is 0 Å². The minimum absolute atomic E-state index is 0.438. The number of aromatic nitrogens is 4.